The number of carboxylic acids is 1. The van der Waals surface area contributed by atoms with Crippen molar-refractivity contribution in [2.24, 2.45) is 74.9 Å². The lowest BCUT2D eigenvalue weighted by molar-refractivity contribution is -0.193. The van der Waals surface area contributed by atoms with Crippen molar-refractivity contribution in [2.75, 3.05) is 6.54 Å². The van der Waals surface area contributed by atoms with Crippen molar-refractivity contribution in [3.05, 3.63) is 35.4 Å². The van der Waals surface area contributed by atoms with Crippen LogP contribution in [0, 0.1) is 74.9 Å². The van der Waals surface area contributed by atoms with Gasteiger partial charge in [0.1, 0.15) is 23.3 Å². The Kier molecular flexibility index (Phi) is 10.7. The van der Waals surface area contributed by atoms with Gasteiger partial charge in [0.25, 0.3) is 5.91 Å². The average molecular weight is 785 g/mol. The Morgan fingerprint density at radius 1 is 0.947 bits per heavy atom. The second-order valence-corrected chi connectivity index (χ2v) is 21.4. The number of Topliss-reactive ketones (excluding diaryl/α,β-unsaturated/α-hetero) is 2. The van der Waals surface area contributed by atoms with Crippen molar-refractivity contribution in [3.8, 4) is 0 Å². The molecule has 0 spiro atoms. The first-order valence-electron chi connectivity index (χ1n) is 22.1. The Bertz CT molecular complexity index is 1840. The molecule has 1 aromatic heterocycles. The third kappa shape index (κ3) is 6.80. The van der Waals surface area contributed by atoms with Gasteiger partial charge in [-0.2, -0.15) is 0 Å². The van der Waals surface area contributed by atoms with Crippen LogP contribution >= 0.6 is 0 Å². The number of carbonyl (C=O) groups excluding carboxylic acids is 4. The largest absolute Gasteiger partial charge is 0.481 e. The van der Waals surface area contributed by atoms with Gasteiger partial charge in [-0.05, 0) is 147 Å². The van der Waals surface area contributed by atoms with E-state index in [0.717, 1.165) is 50.5 Å². The van der Waals surface area contributed by atoms with Crippen LogP contribution in [0.25, 0.3) is 0 Å². The van der Waals surface area contributed by atoms with Gasteiger partial charge < -0.3 is 15.7 Å². The number of hydrogen-bond acceptors (Lipinski definition) is 7. The van der Waals surface area contributed by atoms with Gasteiger partial charge in [0.2, 0.25) is 5.91 Å². The van der Waals surface area contributed by atoms with Gasteiger partial charge in [-0.3, -0.25) is 24.0 Å². The molecule has 5 saturated carbocycles. The second kappa shape index (κ2) is 14.7. The molecule has 6 aliphatic carbocycles. The molecule has 11 unspecified atom stereocenters. The highest BCUT2D eigenvalue weighted by Crippen LogP contribution is 2.74. The lowest BCUT2D eigenvalue weighted by Crippen LogP contribution is -2.62. The highest BCUT2D eigenvalue weighted by Gasteiger charge is 2.66. The summed E-state index contributed by atoms with van der Waals surface area (Å²) in [4.78, 5) is 73.5. The van der Waals surface area contributed by atoms with Crippen molar-refractivity contribution in [2.45, 2.75) is 145 Å². The monoisotopic (exact) mass is 785 g/mol. The van der Waals surface area contributed by atoms with Crippen LogP contribution in [0.5, 0.6) is 0 Å². The fourth-order valence-corrected chi connectivity index (χ4v) is 14.6. The van der Waals surface area contributed by atoms with Gasteiger partial charge >= 0.3 is 5.97 Å². The molecule has 0 bridgehead atoms. The standard InChI is InChI=1S/C47H68N4O6/c1-26(2)38-35(53)24-47(19-21-49-42(57)44(6,7)51-40(54)33-15-20-48-25-50-33)18-13-32-29(39(38)47)10-11-37-45(32,8)17-14-36-43(4,5)28(12-16-46(36,37)9)22-34(52)30-23-31(27(30)3)41(55)56/h15,20,25-32,36-37H,10-14,16-19,21-24H2,1-9H3,(H,49,57)(H,51,54)(H,55,56). The van der Waals surface area contributed by atoms with E-state index in [1.807, 2.05) is 6.92 Å². The minimum Gasteiger partial charge on any atom is -0.481 e. The van der Waals surface area contributed by atoms with E-state index >= 15 is 0 Å². The zero-order chi connectivity index (χ0) is 41.5. The Labute approximate surface area is 340 Å². The minimum atomic E-state index is -1.16. The zero-order valence-electron chi connectivity index (χ0n) is 36.0. The van der Waals surface area contributed by atoms with E-state index in [1.165, 1.54) is 30.6 Å². The van der Waals surface area contributed by atoms with Crippen LogP contribution in [0.3, 0.4) is 0 Å². The van der Waals surface area contributed by atoms with Gasteiger partial charge in [-0.1, -0.05) is 54.0 Å². The number of aliphatic carboxylic acids is 1. The van der Waals surface area contributed by atoms with Crippen molar-refractivity contribution in [1.29, 1.82) is 0 Å². The summed E-state index contributed by atoms with van der Waals surface area (Å²) in [5, 5.41) is 15.5. The molecule has 0 aliphatic heterocycles. The van der Waals surface area contributed by atoms with E-state index in [1.54, 1.807) is 13.8 Å². The predicted octanol–water partition coefficient (Wildman–Crippen LogP) is 8.01. The summed E-state index contributed by atoms with van der Waals surface area (Å²) in [6, 6.07) is 1.52. The Hall–Kier alpha value is -3.43. The van der Waals surface area contributed by atoms with Crippen molar-refractivity contribution >= 4 is 29.4 Å². The first-order chi connectivity index (χ1) is 26.7. The number of carboxylic acid groups (broad SMARTS) is 1. The molecule has 5 fully saturated rings. The molecule has 6 aliphatic rings. The summed E-state index contributed by atoms with van der Waals surface area (Å²) < 4.78 is 0. The maximum Gasteiger partial charge on any atom is 0.306 e. The maximum absolute atomic E-state index is 14.0. The lowest BCUT2D eigenvalue weighted by atomic mass is 9.35. The van der Waals surface area contributed by atoms with Gasteiger partial charge in [-0.15, -0.1) is 0 Å². The molecular formula is C47H68N4O6. The van der Waals surface area contributed by atoms with Crippen LogP contribution < -0.4 is 10.6 Å². The topological polar surface area (TPSA) is 155 Å². The number of fused-ring (bicyclic) bond motifs is 7. The van der Waals surface area contributed by atoms with Gasteiger partial charge in [0, 0.05) is 36.9 Å². The van der Waals surface area contributed by atoms with Crippen LogP contribution in [0.1, 0.15) is 150 Å². The highest BCUT2D eigenvalue weighted by atomic mass is 16.4. The van der Waals surface area contributed by atoms with E-state index in [4.69, 9.17) is 0 Å². The van der Waals surface area contributed by atoms with E-state index in [9.17, 15) is 29.1 Å². The third-order valence-corrected chi connectivity index (χ3v) is 17.6. The number of aromatic nitrogens is 2. The molecule has 312 valence electrons. The van der Waals surface area contributed by atoms with E-state index in [2.05, 4.69) is 62.1 Å². The minimum absolute atomic E-state index is 0.0185. The Morgan fingerprint density at radius 3 is 2.32 bits per heavy atom. The molecule has 1 heterocycles. The first-order valence-corrected chi connectivity index (χ1v) is 22.1. The quantitative estimate of drug-likeness (QED) is 0.204. The van der Waals surface area contributed by atoms with E-state index in [-0.39, 0.29) is 68.5 Å². The fraction of sp³-hybridized carbons (Fsp3) is 0.766. The van der Waals surface area contributed by atoms with Crippen molar-refractivity contribution in [3.63, 3.8) is 0 Å². The van der Waals surface area contributed by atoms with Gasteiger partial charge in [-0.25, -0.2) is 9.97 Å². The van der Waals surface area contributed by atoms with Crippen LogP contribution in [-0.2, 0) is 19.2 Å². The molecule has 1 aromatic rings. The molecule has 0 radical (unpaired) electrons. The number of nitrogens with zero attached hydrogens (tertiary/aromatic N) is 2. The van der Waals surface area contributed by atoms with Crippen LogP contribution in [0.15, 0.2) is 29.7 Å². The number of amides is 2. The second-order valence-electron chi connectivity index (χ2n) is 21.4. The smallest absolute Gasteiger partial charge is 0.306 e. The molecule has 11 atom stereocenters. The highest BCUT2D eigenvalue weighted by molar-refractivity contribution is 6.01. The summed E-state index contributed by atoms with van der Waals surface area (Å²) in [5.74, 6) is 0.968. The fourth-order valence-electron chi connectivity index (χ4n) is 14.6. The van der Waals surface area contributed by atoms with Gasteiger partial charge in [0.15, 0.2) is 5.78 Å². The van der Waals surface area contributed by atoms with Crippen molar-refractivity contribution < 1.29 is 29.1 Å². The Balaban J connectivity index is 1.06. The van der Waals surface area contributed by atoms with Crippen molar-refractivity contribution in [1.82, 2.24) is 20.6 Å². The van der Waals surface area contributed by atoms with E-state index in [0.29, 0.717) is 61.8 Å². The average Bonchev–Trinajstić information content (AvgIpc) is 3.44. The number of hydrogen-bond donors (Lipinski definition) is 3. The molecule has 2 amide bonds. The number of ketones is 2. The number of nitrogens with one attached hydrogen (secondary N) is 2. The molecule has 0 aromatic carbocycles. The normalized spacial score (nSPS) is 38.2. The summed E-state index contributed by atoms with van der Waals surface area (Å²) >= 11 is 0. The van der Waals surface area contributed by atoms with Crippen LogP contribution in [0.4, 0.5) is 0 Å². The predicted molar refractivity (Wildman–Crippen MR) is 218 cm³/mol. The SMILES string of the molecule is CC(C)C1=C2C3CCC4C(C)(CCC5C(C)(C)C(CC(=O)C6CC(C(=O)O)C6C)CCC54C)C3CCC2(CCNC(=O)C(C)(C)NC(=O)c2ccncn2)CC1=O. The maximum atomic E-state index is 14.0. The molecule has 57 heavy (non-hydrogen) atoms. The molecular weight excluding hydrogens is 717 g/mol. The lowest BCUT2D eigenvalue weighted by Gasteiger charge is -2.69. The third-order valence-electron chi connectivity index (χ3n) is 17.6. The summed E-state index contributed by atoms with van der Waals surface area (Å²) in [6.07, 6.45) is 13.9. The molecule has 3 N–H and O–H groups in total. The number of allylic oxidation sites excluding steroid dienone is 2. The molecule has 7 rings (SSSR count). The summed E-state index contributed by atoms with van der Waals surface area (Å²) in [7, 11) is 0. The first kappa shape index (κ1) is 41.7. The summed E-state index contributed by atoms with van der Waals surface area (Å²) in [5.41, 5.74) is 1.61. The summed E-state index contributed by atoms with van der Waals surface area (Å²) in [6.45, 7) is 20.1. The van der Waals surface area contributed by atoms with Crippen LogP contribution in [-0.4, -0.2) is 56.5 Å². The zero-order valence-corrected chi connectivity index (χ0v) is 36.0. The molecule has 10 nitrogen and oxygen atoms in total. The van der Waals surface area contributed by atoms with E-state index < -0.39 is 17.4 Å². The molecule has 10 heteroatoms. The van der Waals surface area contributed by atoms with Gasteiger partial charge in [0.05, 0.1) is 5.92 Å². The Morgan fingerprint density at radius 2 is 1.67 bits per heavy atom. The molecule has 0 saturated heterocycles. The number of carbonyl (C=O) groups is 5. The van der Waals surface area contributed by atoms with Crippen LogP contribution in [0.2, 0.25) is 0 Å². The number of rotatable bonds is 11.